The Morgan fingerprint density at radius 1 is 1.52 bits per heavy atom. The molecule has 1 unspecified atom stereocenters. The number of nitrogens with one attached hydrogen (secondary N) is 1. The van der Waals surface area contributed by atoms with Gasteiger partial charge in [-0.3, -0.25) is 9.59 Å². The smallest absolute Gasteiger partial charge is 0.289 e. The average molecular weight is 381 g/mol. The standard InChI is InChI=1S/C13H18BrN3O3.ClH/c1-9-7-15-5-6-17(9)12(18)8-16(2)13(19)10-3-4-11(14)20-10;/h3-4,9,15H,5-8H2,1-2H3;1H. The second kappa shape index (κ2) is 7.82. The highest BCUT2D eigenvalue weighted by atomic mass is 79.9. The summed E-state index contributed by atoms with van der Waals surface area (Å²) in [5, 5.41) is 3.23. The first kappa shape index (κ1) is 18.0. The van der Waals surface area contributed by atoms with Gasteiger partial charge in [-0.15, -0.1) is 12.4 Å². The molecule has 2 heterocycles. The van der Waals surface area contributed by atoms with E-state index in [0.29, 0.717) is 11.2 Å². The van der Waals surface area contributed by atoms with Crippen LogP contribution in [-0.4, -0.2) is 60.9 Å². The predicted molar refractivity (Wildman–Crippen MR) is 84.7 cm³/mol. The Balaban J connectivity index is 0.00000220. The number of piperazine rings is 1. The summed E-state index contributed by atoms with van der Waals surface area (Å²) in [6.07, 6.45) is 0. The quantitative estimate of drug-likeness (QED) is 0.860. The van der Waals surface area contributed by atoms with Crippen LogP contribution in [0.4, 0.5) is 0 Å². The maximum atomic E-state index is 12.2. The van der Waals surface area contributed by atoms with Crippen molar-refractivity contribution in [1.82, 2.24) is 15.1 Å². The van der Waals surface area contributed by atoms with Crippen molar-refractivity contribution in [1.29, 1.82) is 0 Å². The third kappa shape index (κ3) is 4.46. The number of hydrogen-bond acceptors (Lipinski definition) is 4. The first-order chi connectivity index (χ1) is 9.49. The van der Waals surface area contributed by atoms with E-state index in [2.05, 4.69) is 21.2 Å². The SMILES string of the molecule is CC1CNCCN1C(=O)CN(C)C(=O)c1ccc(Br)o1.Cl. The van der Waals surface area contributed by atoms with Crippen molar-refractivity contribution in [3.63, 3.8) is 0 Å². The van der Waals surface area contributed by atoms with Crippen LogP contribution in [0.25, 0.3) is 0 Å². The molecule has 1 fully saturated rings. The van der Waals surface area contributed by atoms with Crippen molar-refractivity contribution in [3.05, 3.63) is 22.6 Å². The molecular formula is C13H19BrClN3O3. The van der Waals surface area contributed by atoms with E-state index in [1.807, 2.05) is 6.92 Å². The average Bonchev–Trinajstić information content (AvgIpc) is 2.84. The largest absolute Gasteiger partial charge is 0.444 e. The van der Waals surface area contributed by atoms with Gasteiger partial charge in [0, 0.05) is 32.7 Å². The number of carbonyl (C=O) groups excluding carboxylic acids is 2. The molecule has 6 nitrogen and oxygen atoms in total. The summed E-state index contributed by atoms with van der Waals surface area (Å²) in [6.45, 7) is 4.30. The molecule has 8 heteroatoms. The Morgan fingerprint density at radius 2 is 2.24 bits per heavy atom. The summed E-state index contributed by atoms with van der Waals surface area (Å²) in [5.74, 6) is -0.118. The van der Waals surface area contributed by atoms with Gasteiger partial charge in [-0.1, -0.05) is 0 Å². The molecule has 1 N–H and O–H groups in total. The van der Waals surface area contributed by atoms with Crippen LogP contribution in [0.5, 0.6) is 0 Å². The molecule has 0 aromatic carbocycles. The number of nitrogens with zero attached hydrogens (tertiary/aromatic N) is 2. The van der Waals surface area contributed by atoms with Gasteiger partial charge in [0.2, 0.25) is 5.91 Å². The molecular weight excluding hydrogens is 362 g/mol. The Kier molecular flexibility index (Phi) is 6.70. The van der Waals surface area contributed by atoms with Crippen LogP contribution in [-0.2, 0) is 4.79 Å². The number of furan rings is 1. The monoisotopic (exact) mass is 379 g/mol. The molecule has 2 rings (SSSR count). The van der Waals surface area contributed by atoms with Gasteiger partial charge < -0.3 is 19.5 Å². The Morgan fingerprint density at radius 3 is 2.81 bits per heavy atom. The van der Waals surface area contributed by atoms with E-state index in [1.54, 1.807) is 24.1 Å². The summed E-state index contributed by atoms with van der Waals surface area (Å²) in [5.41, 5.74) is 0. The highest BCUT2D eigenvalue weighted by Gasteiger charge is 2.25. The van der Waals surface area contributed by atoms with E-state index >= 15 is 0 Å². The maximum absolute atomic E-state index is 12.2. The second-order valence-corrected chi connectivity index (χ2v) is 5.69. The molecule has 0 aliphatic carbocycles. The lowest BCUT2D eigenvalue weighted by Gasteiger charge is -2.34. The lowest BCUT2D eigenvalue weighted by Crippen LogP contribution is -2.54. The molecule has 1 aromatic rings. The molecule has 1 atom stereocenters. The number of likely N-dealkylation sites (N-methyl/N-ethyl adjacent to an activating group) is 1. The van der Waals surface area contributed by atoms with E-state index in [9.17, 15) is 9.59 Å². The third-order valence-corrected chi connectivity index (χ3v) is 3.75. The summed E-state index contributed by atoms with van der Waals surface area (Å²) in [6, 6.07) is 3.39. The number of rotatable bonds is 3. The van der Waals surface area contributed by atoms with Gasteiger partial charge in [-0.25, -0.2) is 0 Å². The highest BCUT2D eigenvalue weighted by Crippen LogP contribution is 2.15. The zero-order chi connectivity index (χ0) is 14.7. The van der Waals surface area contributed by atoms with Gasteiger partial charge in [0.1, 0.15) is 0 Å². The summed E-state index contributed by atoms with van der Waals surface area (Å²) < 4.78 is 5.70. The van der Waals surface area contributed by atoms with Gasteiger partial charge in [0.25, 0.3) is 5.91 Å². The van der Waals surface area contributed by atoms with Gasteiger partial charge in [0.15, 0.2) is 10.4 Å². The predicted octanol–water partition coefficient (Wildman–Crippen LogP) is 1.36. The van der Waals surface area contributed by atoms with E-state index in [0.717, 1.165) is 13.1 Å². The molecule has 0 spiro atoms. The Labute approximate surface area is 138 Å². The molecule has 1 aliphatic rings. The molecule has 1 aliphatic heterocycles. The van der Waals surface area contributed by atoms with Crippen LogP contribution in [0.2, 0.25) is 0 Å². The second-order valence-electron chi connectivity index (χ2n) is 4.91. The molecule has 1 aromatic heterocycles. The van der Waals surface area contributed by atoms with E-state index < -0.39 is 0 Å². The molecule has 118 valence electrons. The van der Waals surface area contributed by atoms with Crippen LogP contribution < -0.4 is 5.32 Å². The number of halogens is 2. The first-order valence-electron chi connectivity index (χ1n) is 6.50. The third-order valence-electron chi connectivity index (χ3n) is 3.32. The first-order valence-corrected chi connectivity index (χ1v) is 7.29. The Bertz CT molecular complexity index is 509. The van der Waals surface area contributed by atoms with Crippen molar-refractivity contribution in [3.8, 4) is 0 Å². The van der Waals surface area contributed by atoms with Crippen LogP contribution in [0, 0.1) is 0 Å². The van der Waals surface area contributed by atoms with Crippen molar-refractivity contribution < 1.29 is 14.0 Å². The van der Waals surface area contributed by atoms with E-state index in [4.69, 9.17) is 4.42 Å². The van der Waals surface area contributed by atoms with Crippen LogP contribution in [0.3, 0.4) is 0 Å². The zero-order valence-corrected chi connectivity index (χ0v) is 14.4. The molecule has 0 radical (unpaired) electrons. The summed E-state index contributed by atoms with van der Waals surface area (Å²) in [4.78, 5) is 27.5. The summed E-state index contributed by atoms with van der Waals surface area (Å²) >= 11 is 3.15. The lowest BCUT2D eigenvalue weighted by atomic mass is 10.2. The molecule has 1 saturated heterocycles. The number of hydrogen-bond donors (Lipinski definition) is 1. The lowest BCUT2D eigenvalue weighted by molar-refractivity contribution is -0.134. The van der Waals surface area contributed by atoms with Crippen LogP contribution in [0.1, 0.15) is 17.5 Å². The number of carbonyl (C=O) groups is 2. The minimum atomic E-state index is -0.299. The fourth-order valence-electron chi connectivity index (χ4n) is 2.19. The molecule has 2 amide bonds. The van der Waals surface area contributed by atoms with E-state index in [1.165, 1.54) is 4.90 Å². The minimum absolute atomic E-state index is 0. The number of amides is 2. The van der Waals surface area contributed by atoms with Crippen molar-refractivity contribution in [2.75, 3.05) is 33.2 Å². The van der Waals surface area contributed by atoms with Gasteiger partial charge in [-0.2, -0.15) is 0 Å². The maximum Gasteiger partial charge on any atom is 0.289 e. The Hall–Kier alpha value is -1.05. The van der Waals surface area contributed by atoms with Gasteiger partial charge in [0.05, 0.1) is 6.54 Å². The van der Waals surface area contributed by atoms with Crippen molar-refractivity contribution in [2.45, 2.75) is 13.0 Å². The van der Waals surface area contributed by atoms with Crippen LogP contribution in [0.15, 0.2) is 21.2 Å². The minimum Gasteiger partial charge on any atom is -0.444 e. The fraction of sp³-hybridized carbons (Fsp3) is 0.538. The van der Waals surface area contributed by atoms with Gasteiger partial charge in [-0.05, 0) is 35.0 Å². The molecule has 21 heavy (non-hydrogen) atoms. The van der Waals surface area contributed by atoms with Crippen molar-refractivity contribution >= 4 is 40.2 Å². The summed E-state index contributed by atoms with van der Waals surface area (Å²) in [7, 11) is 1.60. The topological polar surface area (TPSA) is 65.8 Å². The van der Waals surface area contributed by atoms with Crippen LogP contribution >= 0.6 is 28.3 Å². The molecule has 0 bridgehead atoms. The fourth-order valence-corrected chi connectivity index (χ4v) is 2.50. The van der Waals surface area contributed by atoms with E-state index in [-0.39, 0.29) is 42.6 Å². The van der Waals surface area contributed by atoms with Crippen molar-refractivity contribution in [2.24, 2.45) is 0 Å². The highest BCUT2D eigenvalue weighted by molar-refractivity contribution is 9.10. The van der Waals surface area contributed by atoms with Gasteiger partial charge >= 0.3 is 0 Å². The zero-order valence-electron chi connectivity index (χ0n) is 12.0. The molecule has 0 saturated carbocycles. The normalized spacial score (nSPS) is 18.0.